The van der Waals surface area contributed by atoms with Gasteiger partial charge in [-0.15, -0.1) is 0 Å². The van der Waals surface area contributed by atoms with E-state index in [-0.39, 0.29) is 5.78 Å². The maximum Gasteiger partial charge on any atom is 0.173 e. The zero-order valence-corrected chi connectivity index (χ0v) is 13.0. The van der Waals surface area contributed by atoms with E-state index >= 15 is 0 Å². The normalized spacial score (nSPS) is 12.2. The standard InChI is InChI=1S/C16H19BrO/c1-5-7-13(6-2)14-8-11(3)16(12(4)9-14)15(18)10-17/h5-9H,10H2,1-4H3. The predicted octanol–water partition coefficient (Wildman–Crippen LogP) is 4.86. The van der Waals surface area contributed by atoms with Crippen LogP contribution in [0.15, 0.2) is 30.4 Å². The Bertz CT molecular complexity index is 487. The molecule has 1 rings (SSSR count). The van der Waals surface area contributed by atoms with E-state index in [0.717, 1.165) is 22.3 Å². The van der Waals surface area contributed by atoms with Gasteiger partial charge in [-0.05, 0) is 50.0 Å². The lowest BCUT2D eigenvalue weighted by Crippen LogP contribution is -2.06. The summed E-state index contributed by atoms with van der Waals surface area (Å²) in [6, 6.07) is 4.16. The van der Waals surface area contributed by atoms with Gasteiger partial charge in [0.2, 0.25) is 0 Å². The van der Waals surface area contributed by atoms with E-state index in [1.807, 2.05) is 33.8 Å². The maximum absolute atomic E-state index is 11.9. The molecule has 1 aromatic rings. The van der Waals surface area contributed by atoms with Crippen LogP contribution < -0.4 is 0 Å². The van der Waals surface area contributed by atoms with Crippen molar-refractivity contribution in [1.29, 1.82) is 0 Å². The number of hydrogen-bond acceptors (Lipinski definition) is 1. The van der Waals surface area contributed by atoms with E-state index < -0.39 is 0 Å². The van der Waals surface area contributed by atoms with Crippen molar-refractivity contribution in [2.75, 3.05) is 5.33 Å². The number of carbonyl (C=O) groups is 1. The number of rotatable bonds is 4. The first-order valence-electron chi connectivity index (χ1n) is 6.05. The van der Waals surface area contributed by atoms with E-state index in [0.29, 0.717) is 5.33 Å². The molecule has 0 atom stereocenters. The van der Waals surface area contributed by atoms with E-state index in [9.17, 15) is 4.79 Å². The van der Waals surface area contributed by atoms with Crippen molar-refractivity contribution in [2.24, 2.45) is 0 Å². The molecule has 0 aliphatic rings. The lowest BCUT2D eigenvalue weighted by molar-refractivity contribution is 0.102. The van der Waals surface area contributed by atoms with E-state index in [2.05, 4.69) is 40.2 Å². The van der Waals surface area contributed by atoms with Crippen molar-refractivity contribution in [3.05, 3.63) is 52.6 Å². The van der Waals surface area contributed by atoms with Crippen LogP contribution in [0.3, 0.4) is 0 Å². The van der Waals surface area contributed by atoms with E-state index in [1.165, 1.54) is 5.57 Å². The number of hydrogen-bond donors (Lipinski definition) is 0. The monoisotopic (exact) mass is 306 g/mol. The fourth-order valence-electron chi connectivity index (χ4n) is 2.18. The van der Waals surface area contributed by atoms with Crippen LogP contribution in [0.2, 0.25) is 0 Å². The number of carbonyl (C=O) groups excluding carboxylic acids is 1. The lowest BCUT2D eigenvalue weighted by Gasteiger charge is -2.11. The maximum atomic E-state index is 11.9. The van der Waals surface area contributed by atoms with Crippen molar-refractivity contribution < 1.29 is 4.79 Å². The molecule has 96 valence electrons. The Balaban J connectivity index is 3.34. The Hall–Kier alpha value is -1.15. The highest BCUT2D eigenvalue weighted by molar-refractivity contribution is 9.09. The highest BCUT2D eigenvalue weighted by Gasteiger charge is 2.12. The Kier molecular flexibility index (Phi) is 5.54. The summed E-state index contributed by atoms with van der Waals surface area (Å²) in [5.74, 6) is 0.143. The van der Waals surface area contributed by atoms with Crippen LogP contribution >= 0.6 is 15.9 Å². The number of Topliss-reactive ketones (excluding diaryl/α,β-unsaturated/α-hetero) is 1. The SMILES string of the molecule is CC=CC(=CC)c1cc(C)c(C(=O)CBr)c(C)c1. The predicted molar refractivity (Wildman–Crippen MR) is 82.5 cm³/mol. The van der Waals surface area contributed by atoms with Gasteiger partial charge in [0.25, 0.3) is 0 Å². The van der Waals surface area contributed by atoms with Gasteiger partial charge in [-0.2, -0.15) is 0 Å². The van der Waals surface area contributed by atoms with Crippen LogP contribution in [0.4, 0.5) is 0 Å². The molecular weight excluding hydrogens is 288 g/mol. The molecule has 0 unspecified atom stereocenters. The summed E-state index contributed by atoms with van der Waals surface area (Å²) < 4.78 is 0. The van der Waals surface area contributed by atoms with Crippen LogP contribution in [0, 0.1) is 13.8 Å². The van der Waals surface area contributed by atoms with E-state index in [4.69, 9.17) is 0 Å². The van der Waals surface area contributed by atoms with Crippen LogP contribution in [0.1, 0.15) is 40.9 Å². The largest absolute Gasteiger partial charge is 0.293 e. The Morgan fingerprint density at radius 1 is 1.22 bits per heavy atom. The fraction of sp³-hybridized carbons (Fsp3) is 0.312. The van der Waals surface area contributed by atoms with Gasteiger partial charge < -0.3 is 0 Å². The van der Waals surface area contributed by atoms with Gasteiger partial charge in [-0.25, -0.2) is 0 Å². The van der Waals surface area contributed by atoms with Crippen LogP contribution in [0.5, 0.6) is 0 Å². The smallest absolute Gasteiger partial charge is 0.173 e. The molecule has 0 N–H and O–H groups in total. The first-order valence-corrected chi connectivity index (χ1v) is 7.17. The molecule has 0 saturated heterocycles. The minimum absolute atomic E-state index is 0.143. The lowest BCUT2D eigenvalue weighted by atomic mass is 9.93. The molecular formula is C16H19BrO. The molecule has 0 aliphatic carbocycles. The molecule has 0 aliphatic heterocycles. The van der Waals surface area contributed by atoms with Gasteiger partial charge in [-0.3, -0.25) is 4.79 Å². The van der Waals surface area contributed by atoms with Crippen molar-refractivity contribution in [2.45, 2.75) is 27.7 Å². The molecule has 0 saturated carbocycles. The van der Waals surface area contributed by atoms with Crippen molar-refractivity contribution in [1.82, 2.24) is 0 Å². The van der Waals surface area contributed by atoms with Gasteiger partial charge in [-0.1, -0.05) is 46.3 Å². The molecule has 1 nitrogen and oxygen atoms in total. The topological polar surface area (TPSA) is 17.1 Å². The van der Waals surface area contributed by atoms with Gasteiger partial charge in [0, 0.05) is 5.56 Å². The van der Waals surface area contributed by atoms with Gasteiger partial charge in [0.15, 0.2) is 5.78 Å². The van der Waals surface area contributed by atoms with Crippen LogP contribution in [-0.2, 0) is 0 Å². The highest BCUT2D eigenvalue weighted by Crippen LogP contribution is 2.24. The second kappa shape index (κ2) is 6.69. The molecule has 0 fully saturated rings. The number of halogens is 1. The molecule has 1 aromatic carbocycles. The van der Waals surface area contributed by atoms with Crippen molar-refractivity contribution in [3.8, 4) is 0 Å². The molecule has 0 radical (unpaired) electrons. The summed E-state index contributed by atoms with van der Waals surface area (Å²) in [4.78, 5) is 11.9. The first kappa shape index (κ1) is 14.9. The number of allylic oxidation sites excluding steroid dienone is 4. The zero-order valence-electron chi connectivity index (χ0n) is 11.4. The second-order valence-corrected chi connectivity index (χ2v) is 4.85. The number of alkyl halides is 1. The average Bonchev–Trinajstić information content (AvgIpc) is 2.34. The summed E-state index contributed by atoms with van der Waals surface area (Å²) in [5, 5.41) is 0.374. The first-order chi connectivity index (χ1) is 8.54. The minimum Gasteiger partial charge on any atom is -0.293 e. The number of aryl methyl sites for hydroxylation is 2. The molecule has 0 heterocycles. The van der Waals surface area contributed by atoms with Crippen molar-refractivity contribution in [3.63, 3.8) is 0 Å². The third-order valence-corrected chi connectivity index (χ3v) is 3.43. The molecule has 0 spiro atoms. The summed E-state index contributed by atoms with van der Waals surface area (Å²) >= 11 is 3.23. The summed E-state index contributed by atoms with van der Waals surface area (Å²) in [5.41, 5.74) is 5.27. The minimum atomic E-state index is 0.143. The molecule has 2 heteroatoms. The third-order valence-electron chi connectivity index (χ3n) is 2.92. The van der Waals surface area contributed by atoms with Gasteiger partial charge >= 0.3 is 0 Å². The average molecular weight is 307 g/mol. The molecule has 0 bridgehead atoms. The zero-order chi connectivity index (χ0) is 13.7. The van der Waals surface area contributed by atoms with Crippen LogP contribution in [0.25, 0.3) is 5.57 Å². The Labute approximate surface area is 118 Å². The molecule has 18 heavy (non-hydrogen) atoms. The van der Waals surface area contributed by atoms with Gasteiger partial charge in [0.05, 0.1) is 5.33 Å². The summed E-state index contributed by atoms with van der Waals surface area (Å²) in [6.07, 6.45) is 6.19. The van der Waals surface area contributed by atoms with Crippen molar-refractivity contribution >= 4 is 27.3 Å². The number of ketones is 1. The summed E-state index contributed by atoms with van der Waals surface area (Å²) in [7, 11) is 0. The Morgan fingerprint density at radius 3 is 2.17 bits per heavy atom. The second-order valence-electron chi connectivity index (χ2n) is 4.29. The van der Waals surface area contributed by atoms with E-state index in [1.54, 1.807) is 0 Å². The molecule has 0 aromatic heterocycles. The van der Waals surface area contributed by atoms with Gasteiger partial charge in [0.1, 0.15) is 0 Å². The summed E-state index contributed by atoms with van der Waals surface area (Å²) in [6.45, 7) is 8.02. The molecule has 0 amide bonds. The third kappa shape index (κ3) is 3.20. The fourth-order valence-corrected chi connectivity index (χ4v) is 2.46. The van der Waals surface area contributed by atoms with Crippen LogP contribution in [-0.4, -0.2) is 11.1 Å². The highest BCUT2D eigenvalue weighted by atomic mass is 79.9. The Morgan fingerprint density at radius 2 is 1.78 bits per heavy atom. The quantitative estimate of drug-likeness (QED) is 0.441. The number of benzene rings is 1.